The number of rotatable bonds is 8. The van der Waals surface area contributed by atoms with Crippen molar-refractivity contribution >= 4 is 40.8 Å². The molecule has 0 unspecified atom stereocenters. The van der Waals surface area contributed by atoms with Crippen LogP contribution < -0.4 is 10.6 Å². The third kappa shape index (κ3) is 4.20. The molecule has 1 aliphatic heterocycles. The standard InChI is InChI=1S/C23H24Cl2N2O3/c1-30-21(28)18(15-3-2-4-16(24)11-15)9-10-23(26-13-14-5-6-14)19-8-7-17(25)12-20(19)27-22(23)29/h2-4,7-8,11-12,14,18,26H,5-6,9-10,13H2,1H3,(H,27,29)/t18-,23+/m1/s1. The van der Waals surface area contributed by atoms with E-state index in [1.807, 2.05) is 18.2 Å². The lowest BCUT2D eigenvalue weighted by atomic mass is 9.82. The number of amides is 1. The fourth-order valence-electron chi connectivity index (χ4n) is 4.14. The number of anilines is 1. The van der Waals surface area contributed by atoms with Crippen molar-refractivity contribution in [1.29, 1.82) is 0 Å². The Morgan fingerprint density at radius 1 is 1.23 bits per heavy atom. The van der Waals surface area contributed by atoms with Gasteiger partial charge in [-0.2, -0.15) is 0 Å². The number of benzene rings is 2. The molecule has 2 N–H and O–H groups in total. The molecule has 1 saturated carbocycles. The molecule has 2 atom stereocenters. The molecule has 4 rings (SSSR count). The molecule has 1 amide bonds. The van der Waals surface area contributed by atoms with E-state index < -0.39 is 11.5 Å². The normalized spacial score (nSPS) is 21.1. The molecule has 2 aromatic rings. The summed E-state index contributed by atoms with van der Waals surface area (Å²) in [5.41, 5.74) is 1.45. The van der Waals surface area contributed by atoms with Gasteiger partial charge in [0.2, 0.25) is 5.91 Å². The number of hydrogen-bond acceptors (Lipinski definition) is 4. The molecular formula is C23H24Cl2N2O3. The van der Waals surface area contributed by atoms with E-state index in [0.29, 0.717) is 34.5 Å². The van der Waals surface area contributed by atoms with Crippen molar-refractivity contribution in [3.05, 3.63) is 63.6 Å². The van der Waals surface area contributed by atoms with Crippen molar-refractivity contribution in [3.63, 3.8) is 0 Å². The summed E-state index contributed by atoms with van der Waals surface area (Å²) in [6.07, 6.45) is 3.21. The van der Waals surface area contributed by atoms with E-state index in [1.165, 1.54) is 20.0 Å². The molecule has 1 aliphatic carbocycles. The first-order valence-corrected chi connectivity index (χ1v) is 10.9. The number of nitrogens with one attached hydrogen (secondary N) is 2. The van der Waals surface area contributed by atoms with E-state index in [-0.39, 0.29) is 11.9 Å². The minimum atomic E-state index is -0.909. The summed E-state index contributed by atoms with van der Waals surface area (Å²) >= 11 is 12.3. The fraction of sp³-hybridized carbons (Fsp3) is 0.391. The van der Waals surface area contributed by atoms with Gasteiger partial charge in [-0.25, -0.2) is 0 Å². The summed E-state index contributed by atoms with van der Waals surface area (Å²) in [4.78, 5) is 25.8. The minimum Gasteiger partial charge on any atom is -0.469 e. The van der Waals surface area contributed by atoms with Crippen LogP contribution in [0.2, 0.25) is 10.0 Å². The molecule has 30 heavy (non-hydrogen) atoms. The van der Waals surface area contributed by atoms with Crippen LogP contribution >= 0.6 is 23.2 Å². The van der Waals surface area contributed by atoms with Gasteiger partial charge in [0.05, 0.1) is 13.0 Å². The molecule has 0 aromatic heterocycles. The molecule has 0 saturated heterocycles. The lowest BCUT2D eigenvalue weighted by molar-refractivity contribution is -0.143. The van der Waals surface area contributed by atoms with Crippen LogP contribution in [0.25, 0.3) is 0 Å². The number of methoxy groups -OCH3 is 1. The predicted octanol–water partition coefficient (Wildman–Crippen LogP) is 4.88. The van der Waals surface area contributed by atoms with Crippen molar-refractivity contribution in [2.24, 2.45) is 5.92 Å². The van der Waals surface area contributed by atoms with Gasteiger partial charge in [-0.3, -0.25) is 14.9 Å². The van der Waals surface area contributed by atoms with Crippen molar-refractivity contribution in [2.45, 2.75) is 37.1 Å². The Balaban J connectivity index is 1.65. The third-order valence-electron chi connectivity index (χ3n) is 6.01. The van der Waals surface area contributed by atoms with Crippen LogP contribution in [0, 0.1) is 5.92 Å². The van der Waals surface area contributed by atoms with E-state index in [0.717, 1.165) is 17.7 Å². The number of carbonyl (C=O) groups is 2. The highest BCUT2D eigenvalue weighted by Crippen LogP contribution is 2.43. The monoisotopic (exact) mass is 446 g/mol. The summed E-state index contributed by atoms with van der Waals surface area (Å²) in [5.74, 6) is -0.382. The van der Waals surface area contributed by atoms with Gasteiger partial charge >= 0.3 is 5.97 Å². The molecule has 1 fully saturated rings. The van der Waals surface area contributed by atoms with Gasteiger partial charge in [-0.15, -0.1) is 0 Å². The minimum absolute atomic E-state index is 0.116. The second-order valence-electron chi connectivity index (χ2n) is 8.04. The second-order valence-corrected chi connectivity index (χ2v) is 8.92. The SMILES string of the molecule is COC(=O)[C@H](CC[C@@]1(NCC2CC2)C(=O)Nc2cc(Cl)ccc21)c1cccc(Cl)c1. The lowest BCUT2D eigenvalue weighted by Gasteiger charge is -2.30. The number of halogens is 2. The number of esters is 1. The largest absolute Gasteiger partial charge is 0.469 e. The first-order chi connectivity index (χ1) is 14.4. The smallest absolute Gasteiger partial charge is 0.313 e. The van der Waals surface area contributed by atoms with Gasteiger partial charge in [-0.05, 0) is 68.0 Å². The van der Waals surface area contributed by atoms with Gasteiger partial charge in [0, 0.05) is 21.3 Å². The predicted molar refractivity (Wildman–Crippen MR) is 118 cm³/mol. The zero-order valence-electron chi connectivity index (χ0n) is 16.7. The topological polar surface area (TPSA) is 67.4 Å². The number of hydrogen-bond donors (Lipinski definition) is 2. The Morgan fingerprint density at radius 2 is 2.00 bits per heavy atom. The van der Waals surface area contributed by atoms with Crippen molar-refractivity contribution < 1.29 is 14.3 Å². The lowest BCUT2D eigenvalue weighted by Crippen LogP contribution is -2.49. The van der Waals surface area contributed by atoms with Gasteiger partial charge in [0.15, 0.2) is 0 Å². The molecule has 2 aliphatic rings. The Hall–Kier alpha value is -2.08. The Morgan fingerprint density at radius 3 is 2.70 bits per heavy atom. The fourth-order valence-corrected chi connectivity index (χ4v) is 4.51. The van der Waals surface area contributed by atoms with Crippen molar-refractivity contribution in [1.82, 2.24) is 5.32 Å². The third-order valence-corrected chi connectivity index (χ3v) is 6.48. The summed E-state index contributed by atoms with van der Waals surface area (Å²) in [6, 6.07) is 12.7. The molecule has 0 spiro atoms. The molecule has 0 bridgehead atoms. The Labute approximate surface area is 186 Å². The summed E-state index contributed by atoms with van der Waals surface area (Å²) < 4.78 is 5.05. The molecule has 5 nitrogen and oxygen atoms in total. The van der Waals surface area contributed by atoms with Gasteiger partial charge < -0.3 is 10.1 Å². The number of ether oxygens (including phenoxy) is 1. The van der Waals surface area contributed by atoms with Gasteiger partial charge in [0.1, 0.15) is 5.54 Å². The van der Waals surface area contributed by atoms with Crippen LogP contribution in [0.5, 0.6) is 0 Å². The maximum atomic E-state index is 13.2. The van der Waals surface area contributed by atoms with Crippen LogP contribution in [0.4, 0.5) is 5.69 Å². The quantitative estimate of drug-likeness (QED) is 0.567. The second kappa shape index (κ2) is 8.58. The molecule has 0 radical (unpaired) electrons. The summed E-state index contributed by atoms with van der Waals surface area (Å²) in [7, 11) is 1.38. The van der Waals surface area contributed by atoms with E-state index in [4.69, 9.17) is 27.9 Å². The molecule has 7 heteroatoms. The molecule has 2 aromatic carbocycles. The molecule has 1 heterocycles. The van der Waals surface area contributed by atoms with E-state index >= 15 is 0 Å². The Kier molecular flexibility index (Phi) is 6.05. The zero-order valence-corrected chi connectivity index (χ0v) is 18.2. The van der Waals surface area contributed by atoms with Crippen LogP contribution in [0.3, 0.4) is 0 Å². The highest BCUT2D eigenvalue weighted by molar-refractivity contribution is 6.31. The molecular weight excluding hydrogens is 423 g/mol. The highest BCUT2D eigenvalue weighted by atomic mass is 35.5. The van der Waals surface area contributed by atoms with Crippen molar-refractivity contribution in [2.75, 3.05) is 19.0 Å². The summed E-state index contributed by atoms with van der Waals surface area (Å²) in [6.45, 7) is 0.759. The van der Waals surface area contributed by atoms with Crippen LogP contribution in [0.15, 0.2) is 42.5 Å². The van der Waals surface area contributed by atoms with Crippen LogP contribution in [-0.2, 0) is 19.9 Å². The number of fused-ring (bicyclic) bond motifs is 1. The first kappa shape index (κ1) is 21.2. The average molecular weight is 447 g/mol. The van der Waals surface area contributed by atoms with Gasteiger partial charge in [-0.1, -0.05) is 41.4 Å². The van der Waals surface area contributed by atoms with Gasteiger partial charge in [0.25, 0.3) is 0 Å². The van der Waals surface area contributed by atoms with Crippen LogP contribution in [-0.4, -0.2) is 25.5 Å². The maximum Gasteiger partial charge on any atom is 0.313 e. The molecule has 158 valence electrons. The van der Waals surface area contributed by atoms with E-state index in [1.54, 1.807) is 24.3 Å². The maximum absolute atomic E-state index is 13.2. The number of carbonyl (C=O) groups excluding carboxylic acids is 2. The van der Waals surface area contributed by atoms with E-state index in [2.05, 4.69) is 10.6 Å². The van der Waals surface area contributed by atoms with Crippen LogP contribution in [0.1, 0.15) is 42.7 Å². The zero-order chi connectivity index (χ0) is 21.3. The average Bonchev–Trinajstić information content (AvgIpc) is 3.51. The van der Waals surface area contributed by atoms with Crippen molar-refractivity contribution in [3.8, 4) is 0 Å². The Bertz CT molecular complexity index is 977. The summed E-state index contributed by atoms with van der Waals surface area (Å²) in [5, 5.41) is 7.62. The first-order valence-electron chi connectivity index (χ1n) is 10.1. The van der Waals surface area contributed by atoms with E-state index in [9.17, 15) is 9.59 Å². The highest BCUT2D eigenvalue weighted by Gasteiger charge is 2.47.